The number of aryl methyl sites for hydroxylation is 3. The van der Waals surface area contributed by atoms with E-state index in [-0.39, 0.29) is 0 Å². The van der Waals surface area contributed by atoms with Crippen molar-refractivity contribution in [1.82, 2.24) is 9.38 Å². The van der Waals surface area contributed by atoms with Crippen LogP contribution in [0, 0.1) is 20.8 Å². The molecule has 2 N–H and O–H groups in total. The van der Waals surface area contributed by atoms with Crippen LogP contribution in [-0.4, -0.2) is 9.38 Å². The number of benzene rings is 1. The van der Waals surface area contributed by atoms with Crippen molar-refractivity contribution < 1.29 is 0 Å². The van der Waals surface area contributed by atoms with Crippen LogP contribution >= 0.6 is 11.3 Å². The molecule has 2 heterocycles. The Morgan fingerprint density at radius 1 is 1.19 bits per heavy atom. The van der Waals surface area contributed by atoms with E-state index in [1.807, 2.05) is 0 Å². The van der Waals surface area contributed by atoms with Crippen molar-refractivity contribution in [2.24, 2.45) is 0 Å². The van der Waals surface area contributed by atoms with Gasteiger partial charge >= 0.3 is 0 Å². The lowest BCUT2D eigenvalue weighted by atomic mass is 10.0. The number of rotatable bonds is 2. The Morgan fingerprint density at radius 2 is 1.90 bits per heavy atom. The van der Waals surface area contributed by atoms with Crippen LogP contribution < -0.4 is 5.73 Å². The van der Waals surface area contributed by atoms with E-state index in [0.717, 1.165) is 16.5 Å². The zero-order valence-electron chi connectivity index (χ0n) is 13.2. The molecular weight excluding hydrogens is 278 g/mol. The number of thiazole rings is 1. The minimum Gasteiger partial charge on any atom is -0.383 e. The second kappa shape index (κ2) is 4.88. The third kappa shape index (κ3) is 2.14. The zero-order chi connectivity index (χ0) is 15.3. The summed E-state index contributed by atoms with van der Waals surface area (Å²) in [5.41, 5.74) is 12.4. The van der Waals surface area contributed by atoms with E-state index in [1.54, 1.807) is 11.3 Å². The molecular formula is C17H21N3S. The fraction of sp³-hybridized carbons (Fsp3) is 0.353. The average Bonchev–Trinajstić information content (AvgIpc) is 2.87. The van der Waals surface area contributed by atoms with Gasteiger partial charge in [-0.15, -0.1) is 11.3 Å². The molecule has 0 bridgehead atoms. The van der Waals surface area contributed by atoms with E-state index < -0.39 is 0 Å². The summed E-state index contributed by atoms with van der Waals surface area (Å²) in [5, 5.41) is 0. The number of nitrogens with zero attached hydrogens (tertiary/aromatic N) is 2. The van der Waals surface area contributed by atoms with Gasteiger partial charge in [-0.05, 0) is 32.3 Å². The SMILES string of the molecule is Cc1ccc(-c2c(C)sc3nc(C(C)C)c(N)n23)c(C)c1. The maximum Gasteiger partial charge on any atom is 0.196 e. The van der Waals surface area contributed by atoms with Crippen molar-refractivity contribution in [3.63, 3.8) is 0 Å². The smallest absolute Gasteiger partial charge is 0.196 e. The second-order valence-corrected chi connectivity index (χ2v) is 7.16. The lowest BCUT2D eigenvalue weighted by Gasteiger charge is -2.09. The molecule has 0 aliphatic heterocycles. The highest BCUT2D eigenvalue weighted by Gasteiger charge is 2.20. The first-order chi connectivity index (χ1) is 9.90. The van der Waals surface area contributed by atoms with Crippen LogP contribution in [0.15, 0.2) is 18.2 Å². The number of hydrogen-bond donors (Lipinski definition) is 1. The Bertz CT molecular complexity index is 824. The summed E-state index contributed by atoms with van der Waals surface area (Å²) in [6, 6.07) is 6.56. The van der Waals surface area contributed by atoms with Crippen molar-refractivity contribution in [3.05, 3.63) is 39.9 Å². The molecule has 0 aliphatic rings. The predicted octanol–water partition coefficient (Wildman–Crippen LogP) is 4.69. The van der Waals surface area contributed by atoms with Crippen molar-refractivity contribution in [3.8, 4) is 11.3 Å². The van der Waals surface area contributed by atoms with Crippen LogP contribution in [0.25, 0.3) is 16.2 Å². The van der Waals surface area contributed by atoms with E-state index in [0.29, 0.717) is 5.92 Å². The van der Waals surface area contributed by atoms with Crippen LogP contribution in [0.2, 0.25) is 0 Å². The summed E-state index contributed by atoms with van der Waals surface area (Å²) < 4.78 is 2.12. The minimum atomic E-state index is 0.337. The number of aromatic nitrogens is 2. The topological polar surface area (TPSA) is 43.3 Å². The molecule has 110 valence electrons. The fourth-order valence-electron chi connectivity index (χ4n) is 2.87. The van der Waals surface area contributed by atoms with Crippen LogP contribution in [0.5, 0.6) is 0 Å². The summed E-state index contributed by atoms with van der Waals surface area (Å²) in [6.07, 6.45) is 0. The molecule has 3 aromatic rings. The van der Waals surface area contributed by atoms with Gasteiger partial charge in [-0.2, -0.15) is 0 Å². The van der Waals surface area contributed by atoms with Gasteiger partial charge in [0.05, 0.1) is 11.4 Å². The number of anilines is 1. The van der Waals surface area contributed by atoms with E-state index in [2.05, 4.69) is 57.2 Å². The first kappa shape index (κ1) is 14.1. The van der Waals surface area contributed by atoms with Gasteiger partial charge in [0.1, 0.15) is 5.82 Å². The molecule has 0 unspecified atom stereocenters. The number of nitrogen functional groups attached to an aromatic ring is 1. The van der Waals surface area contributed by atoms with Crippen LogP contribution in [0.3, 0.4) is 0 Å². The second-order valence-electron chi connectivity index (χ2n) is 5.98. The van der Waals surface area contributed by atoms with Crippen LogP contribution in [0.4, 0.5) is 5.82 Å². The van der Waals surface area contributed by atoms with E-state index in [1.165, 1.54) is 27.3 Å². The predicted molar refractivity (Wildman–Crippen MR) is 91.2 cm³/mol. The van der Waals surface area contributed by atoms with Gasteiger partial charge in [0.25, 0.3) is 0 Å². The Kier molecular flexibility index (Phi) is 3.29. The van der Waals surface area contributed by atoms with Crippen LogP contribution in [-0.2, 0) is 0 Å². The Balaban J connectivity index is 2.33. The van der Waals surface area contributed by atoms with Gasteiger partial charge in [-0.25, -0.2) is 4.98 Å². The van der Waals surface area contributed by atoms with Gasteiger partial charge in [-0.3, -0.25) is 4.40 Å². The molecule has 0 saturated heterocycles. The van der Waals surface area contributed by atoms with Crippen molar-refractivity contribution >= 4 is 22.1 Å². The zero-order valence-corrected chi connectivity index (χ0v) is 14.0. The molecule has 4 heteroatoms. The van der Waals surface area contributed by atoms with Gasteiger partial charge in [0.2, 0.25) is 0 Å². The van der Waals surface area contributed by atoms with Crippen LogP contribution in [0.1, 0.15) is 41.5 Å². The molecule has 2 aromatic heterocycles. The first-order valence-electron chi connectivity index (χ1n) is 7.25. The summed E-state index contributed by atoms with van der Waals surface area (Å²) in [6.45, 7) is 10.7. The van der Waals surface area contributed by atoms with Crippen molar-refractivity contribution in [2.75, 3.05) is 5.73 Å². The first-order valence-corrected chi connectivity index (χ1v) is 8.06. The van der Waals surface area contributed by atoms with Crippen molar-refractivity contribution in [1.29, 1.82) is 0 Å². The quantitative estimate of drug-likeness (QED) is 0.745. The standard InChI is InChI=1S/C17H21N3S/c1-9(2)14-16(18)20-15(12(5)21-17(20)19-14)13-7-6-10(3)8-11(13)4/h6-9H,18H2,1-5H3. The molecule has 0 amide bonds. The summed E-state index contributed by atoms with van der Waals surface area (Å²) in [5.74, 6) is 1.11. The van der Waals surface area contributed by atoms with Gasteiger partial charge in [-0.1, -0.05) is 37.6 Å². The average molecular weight is 299 g/mol. The summed E-state index contributed by atoms with van der Waals surface area (Å²) >= 11 is 1.71. The van der Waals surface area contributed by atoms with Gasteiger partial charge in [0, 0.05) is 10.4 Å². The number of imidazole rings is 1. The molecule has 0 aliphatic carbocycles. The van der Waals surface area contributed by atoms with Gasteiger partial charge < -0.3 is 5.73 Å². The maximum atomic E-state index is 6.38. The number of nitrogens with two attached hydrogens (primary N) is 1. The molecule has 3 rings (SSSR count). The minimum absolute atomic E-state index is 0.337. The maximum absolute atomic E-state index is 6.38. The molecule has 1 aromatic carbocycles. The normalized spacial score (nSPS) is 11.7. The third-order valence-electron chi connectivity index (χ3n) is 3.90. The largest absolute Gasteiger partial charge is 0.383 e. The highest BCUT2D eigenvalue weighted by Crippen LogP contribution is 2.37. The lowest BCUT2D eigenvalue weighted by Crippen LogP contribution is -2.00. The summed E-state index contributed by atoms with van der Waals surface area (Å²) in [7, 11) is 0. The number of fused-ring (bicyclic) bond motifs is 1. The highest BCUT2D eigenvalue weighted by molar-refractivity contribution is 7.17. The van der Waals surface area contributed by atoms with E-state index in [9.17, 15) is 0 Å². The third-order valence-corrected chi connectivity index (χ3v) is 4.85. The lowest BCUT2D eigenvalue weighted by molar-refractivity contribution is 0.838. The molecule has 3 nitrogen and oxygen atoms in total. The van der Waals surface area contributed by atoms with E-state index in [4.69, 9.17) is 10.7 Å². The monoisotopic (exact) mass is 299 g/mol. The number of hydrogen-bond acceptors (Lipinski definition) is 3. The van der Waals surface area contributed by atoms with Crippen molar-refractivity contribution in [2.45, 2.75) is 40.5 Å². The summed E-state index contributed by atoms with van der Waals surface area (Å²) in [4.78, 5) is 6.97. The Hall–Kier alpha value is -1.81. The molecule has 0 spiro atoms. The fourth-order valence-corrected chi connectivity index (χ4v) is 3.87. The molecule has 0 atom stereocenters. The molecule has 0 saturated carbocycles. The molecule has 0 fully saturated rings. The highest BCUT2D eigenvalue weighted by atomic mass is 32.1. The molecule has 21 heavy (non-hydrogen) atoms. The molecule has 0 radical (unpaired) electrons. The van der Waals surface area contributed by atoms with E-state index >= 15 is 0 Å². The van der Waals surface area contributed by atoms with Gasteiger partial charge in [0.15, 0.2) is 4.96 Å². The Labute approximate surface area is 129 Å². The Morgan fingerprint density at radius 3 is 2.52 bits per heavy atom.